The minimum atomic E-state index is -0.183. The number of likely N-dealkylation sites (tertiary alicyclic amines) is 1. The van der Waals surface area contributed by atoms with Crippen LogP contribution in [0.15, 0.2) is 36.9 Å². The second-order valence-corrected chi connectivity index (χ2v) is 7.18. The Morgan fingerprint density at radius 3 is 2.96 bits per heavy atom. The molecule has 3 aromatic rings. The van der Waals surface area contributed by atoms with Gasteiger partial charge in [-0.05, 0) is 18.1 Å². The van der Waals surface area contributed by atoms with Crippen molar-refractivity contribution in [1.82, 2.24) is 34.2 Å². The first-order chi connectivity index (χ1) is 12.7. The lowest BCUT2D eigenvalue weighted by atomic mass is 10.0. The zero-order valence-electron chi connectivity index (χ0n) is 14.7. The standard InChI is InChI=1S/C18H21N7O/c1-23-8-6-20-16(23)17-22-21-15-11-26-18(13-25(15)17)4-7-24(12-18)10-14-3-2-5-19-9-14/h2-3,5-6,8-9H,4,7,10-13H2,1H3. The molecule has 26 heavy (non-hydrogen) atoms. The van der Waals surface area contributed by atoms with Crippen molar-refractivity contribution < 1.29 is 4.74 Å². The second-order valence-electron chi connectivity index (χ2n) is 7.18. The number of ether oxygens (including phenoxy) is 1. The maximum Gasteiger partial charge on any atom is 0.200 e. The van der Waals surface area contributed by atoms with Gasteiger partial charge >= 0.3 is 0 Å². The van der Waals surface area contributed by atoms with E-state index in [1.165, 1.54) is 5.56 Å². The summed E-state index contributed by atoms with van der Waals surface area (Å²) in [4.78, 5) is 11.1. The van der Waals surface area contributed by atoms with E-state index in [2.05, 4.69) is 35.7 Å². The lowest BCUT2D eigenvalue weighted by molar-refractivity contribution is -0.0821. The van der Waals surface area contributed by atoms with E-state index in [0.717, 1.165) is 50.1 Å². The molecule has 0 aromatic carbocycles. The van der Waals surface area contributed by atoms with E-state index in [9.17, 15) is 0 Å². The van der Waals surface area contributed by atoms with Crippen LogP contribution in [-0.2, 0) is 31.5 Å². The smallest absolute Gasteiger partial charge is 0.200 e. The molecule has 2 aliphatic rings. The number of hydrogen-bond acceptors (Lipinski definition) is 6. The number of aromatic nitrogens is 6. The van der Waals surface area contributed by atoms with Gasteiger partial charge in [0.05, 0.1) is 6.54 Å². The van der Waals surface area contributed by atoms with E-state index < -0.39 is 0 Å². The fraction of sp³-hybridized carbons (Fsp3) is 0.444. The van der Waals surface area contributed by atoms with E-state index in [4.69, 9.17) is 4.74 Å². The molecule has 1 unspecified atom stereocenters. The van der Waals surface area contributed by atoms with Gasteiger partial charge in [0.2, 0.25) is 0 Å². The molecule has 1 saturated heterocycles. The molecule has 2 aliphatic heterocycles. The summed E-state index contributed by atoms with van der Waals surface area (Å²) in [6.07, 6.45) is 8.47. The van der Waals surface area contributed by atoms with Gasteiger partial charge in [0.15, 0.2) is 17.5 Å². The van der Waals surface area contributed by atoms with Crippen LogP contribution >= 0.6 is 0 Å². The number of pyridine rings is 1. The quantitative estimate of drug-likeness (QED) is 0.707. The maximum atomic E-state index is 6.27. The van der Waals surface area contributed by atoms with Crippen molar-refractivity contribution in [3.63, 3.8) is 0 Å². The fourth-order valence-electron chi connectivity index (χ4n) is 3.97. The largest absolute Gasteiger partial charge is 0.364 e. The molecule has 5 heterocycles. The number of imidazole rings is 1. The van der Waals surface area contributed by atoms with Gasteiger partial charge in [0, 0.05) is 51.5 Å². The first-order valence-corrected chi connectivity index (χ1v) is 8.87. The van der Waals surface area contributed by atoms with E-state index >= 15 is 0 Å². The lowest BCUT2D eigenvalue weighted by Crippen LogP contribution is -2.44. The summed E-state index contributed by atoms with van der Waals surface area (Å²) in [6, 6.07) is 4.11. The normalized spacial score (nSPS) is 22.8. The first-order valence-electron chi connectivity index (χ1n) is 8.87. The predicted octanol–water partition coefficient (Wildman–Crippen LogP) is 1.25. The van der Waals surface area contributed by atoms with Gasteiger partial charge in [-0.25, -0.2) is 4.98 Å². The summed E-state index contributed by atoms with van der Waals surface area (Å²) < 4.78 is 10.4. The molecule has 0 saturated carbocycles. The van der Waals surface area contributed by atoms with Crippen LogP contribution in [0.3, 0.4) is 0 Å². The minimum absolute atomic E-state index is 0.183. The van der Waals surface area contributed by atoms with Crippen LogP contribution in [0.5, 0.6) is 0 Å². The molecule has 134 valence electrons. The maximum absolute atomic E-state index is 6.27. The van der Waals surface area contributed by atoms with Gasteiger partial charge in [-0.3, -0.25) is 9.88 Å². The Morgan fingerprint density at radius 2 is 2.15 bits per heavy atom. The van der Waals surface area contributed by atoms with Gasteiger partial charge in [0.1, 0.15) is 12.2 Å². The molecule has 1 spiro atoms. The van der Waals surface area contributed by atoms with Gasteiger partial charge in [-0.2, -0.15) is 0 Å². The summed E-state index contributed by atoms with van der Waals surface area (Å²) in [6.45, 7) is 4.09. The molecule has 0 radical (unpaired) electrons. The molecule has 8 heteroatoms. The van der Waals surface area contributed by atoms with Crippen molar-refractivity contribution in [3.05, 3.63) is 48.3 Å². The number of aryl methyl sites for hydroxylation is 1. The van der Waals surface area contributed by atoms with Crippen molar-refractivity contribution in [2.75, 3.05) is 13.1 Å². The van der Waals surface area contributed by atoms with Crippen molar-refractivity contribution in [2.45, 2.75) is 31.7 Å². The van der Waals surface area contributed by atoms with Gasteiger partial charge in [0.25, 0.3) is 0 Å². The van der Waals surface area contributed by atoms with Gasteiger partial charge in [-0.1, -0.05) is 6.07 Å². The highest BCUT2D eigenvalue weighted by atomic mass is 16.5. The van der Waals surface area contributed by atoms with Crippen molar-refractivity contribution in [3.8, 4) is 11.6 Å². The molecule has 0 N–H and O–H groups in total. The number of fused-ring (bicyclic) bond motifs is 1. The lowest BCUT2D eigenvalue weighted by Gasteiger charge is -2.34. The van der Waals surface area contributed by atoms with Crippen molar-refractivity contribution >= 4 is 0 Å². The van der Waals surface area contributed by atoms with E-state index in [1.54, 1.807) is 6.20 Å². The molecule has 1 fully saturated rings. The zero-order valence-corrected chi connectivity index (χ0v) is 14.7. The Hall–Kier alpha value is -2.58. The van der Waals surface area contributed by atoms with E-state index in [-0.39, 0.29) is 5.60 Å². The summed E-state index contributed by atoms with van der Waals surface area (Å²) in [5.41, 5.74) is 1.05. The van der Waals surface area contributed by atoms with Crippen LogP contribution in [0.1, 0.15) is 17.8 Å². The van der Waals surface area contributed by atoms with Crippen molar-refractivity contribution in [1.29, 1.82) is 0 Å². The van der Waals surface area contributed by atoms with Crippen LogP contribution in [0.4, 0.5) is 0 Å². The summed E-state index contributed by atoms with van der Waals surface area (Å²) in [7, 11) is 1.98. The summed E-state index contributed by atoms with van der Waals surface area (Å²) in [5.74, 6) is 2.53. The topological polar surface area (TPSA) is 73.9 Å². The Labute approximate surface area is 151 Å². The third-order valence-corrected chi connectivity index (χ3v) is 5.33. The highest BCUT2D eigenvalue weighted by Crippen LogP contribution is 2.34. The van der Waals surface area contributed by atoms with Crippen LogP contribution in [0, 0.1) is 0 Å². The Bertz CT molecular complexity index is 919. The van der Waals surface area contributed by atoms with Crippen LogP contribution in [-0.4, -0.2) is 52.9 Å². The molecule has 3 aromatic heterocycles. The highest BCUT2D eigenvalue weighted by molar-refractivity contribution is 5.44. The third kappa shape index (κ3) is 2.62. The fourth-order valence-corrected chi connectivity index (χ4v) is 3.97. The van der Waals surface area contributed by atoms with Crippen molar-refractivity contribution in [2.24, 2.45) is 7.05 Å². The highest BCUT2D eigenvalue weighted by Gasteiger charge is 2.43. The zero-order chi connectivity index (χ0) is 17.6. The SMILES string of the molecule is Cn1ccnc1-c1nnc2n1CC1(CCN(Cc3cccnc3)C1)OC2. The molecule has 0 bridgehead atoms. The molecular formula is C18H21N7O. The van der Waals surface area contributed by atoms with Gasteiger partial charge in [-0.15, -0.1) is 10.2 Å². The van der Waals surface area contributed by atoms with Crippen LogP contribution < -0.4 is 0 Å². The summed E-state index contributed by atoms with van der Waals surface area (Å²) in [5, 5.41) is 8.68. The Morgan fingerprint density at radius 1 is 1.19 bits per heavy atom. The second kappa shape index (κ2) is 6.00. The minimum Gasteiger partial charge on any atom is -0.364 e. The molecule has 8 nitrogen and oxygen atoms in total. The molecule has 1 atom stereocenters. The Balaban J connectivity index is 1.37. The van der Waals surface area contributed by atoms with Crippen LogP contribution in [0.2, 0.25) is 0 Å². The number of nitrogens with zero attached hydrogens (tertiary/aromatic N) is 7. The van der Waals surface area contributed by atoms with Crippen LogP contribution in [0.25, 0.3) is 11.6 Å². The average Bonchev–Trinajstić information content (AvgIpc) is 3.35. The van der Waals surface area contributed by atoms with E-state index in [1.807, 2.05) is 36.3 Å². The number of hydrogen-bond donors (Lipinski definition) is 0. The van der Waals surface area contributed by atoms with E-state index in [0.29, 0.717) is 6.61 Å². The molecular weight excluding hydrogens is 330 g/mol. The van der Waals surface area contributed by atoms with Gasteiger partial charge < -0.3 is 13.9 Å². The molecule has 5 rings (SSSR count). The molecule has 0 amide bonds. The number of rotatable bonds is 3. The average molecular weight is 351 g/mol. The first kappa shape index (κ1) is 15.7. The summed E-state index contributed by atoms with van der Waals surface area (Å²) >= 11 is 0. The monoisotopic (exact) mass is 351 g/mol. The molecule has 0 aliphatic carbocycles. The third-order valence-electron chi connectivity index (χ3n) is 5.33. The predicted molar refractivity (Wildman–Crippen MR) is 93.9 cm³/mol. The Kier molecular flexibility index (Phi) is 3.61.